The standard InChI is InChI=1S/C18H29N5O4/c1-10(19)14-16(20)23(9-22-14)18-8-25-13(15(18)26-17(2,3)27-18)6-21-12-4-11(5-12)7-24/h9,11-13,15,21,24H,1,4-8,19-20H2,2-3H3/t11?,12?,13-,15-,18-/m1/s1. The van der Waals surface area contributed by atoms with Gasteiger partial charge in [0.05, 0.1) is 18.6 Å². The molecule has 1 aromatic rings. The summed E-state index contributed by atoms with van der Waals surface area (Å²) in [7, 11) is 0. The molecule has 3 aliphatic rings. The third-order valence-corrected chi connectivity index (χ3v) is 5.74. The second-order valence-electron chi connectivity index (χ2n) is 8.23. The fourth-order valence-corrected chi connectivity index (χ4v) is 4.36. The second kappa shape index (κ2) is 6.46. The number of nitrogens with two attached hydrogens (primary N) is 2. The average Bonchev–Trinajstić information content (AvgIpc) is 3.16. The molecule has 1 saturated carbocycles. The summed E-state index contributed by atoms with van der Waals surface area (Å²) in [6.45, 7) is 8.67. The lowest BCUT2D eigenvalue weighted by molar-refractivity contribution is -0.205. The van der Waals surface area contributed by atoms with E-state index in [1.807, 2.05) is 13.8 Å². The summed E-state index contributed by atoms with van der Waals surface area (Å²) < 4.78 is 20.3. The molecular weight excluding hydrogens is 350 g/mol. The molecule has 0 aromatic carbocycles. The number of nitrogens with zero attached hydrogens (tertiary/aromatic N) is 2. The molecule has 0 amide bonds. The number of aliphatic hydroxyl groups excluding tert-OH is 1. The molecule has 2 aliphatic heterocycles. The highest BCUT2D eigenvalue weighted by atomic mass is 16.8. The molecule has 3 atom stereocenters. The van der Waals surface area contributed by atoms with E-state index < -0.39 is 11.5 Å². The van der Waals surface area contributed by atoms with Crippen LogP contribution in [0.2, 0.25) is 0 Å². The Morgan fingerprint density at radius 3 is 2.85 bits per heavy atom. The van der Waals surface area contributed by atoms with Crippen LogP contribution in [0, 0.1) is 5.92 Å². The number of hydrogen-bond acceptors (Lipinski definition) is 8. The number of imidazole rings is 1. The Kier molecular flexibility index (Phi) is 4.47. The fourth-order valence-electron chi connectivity index (χ4n) is 4.36. The fraction of sp³-hybridized carbons (Fsp3) is 0.722. The van der Waals surface area contributed by atoms with Gasteiger partial charge in [0, 0.05) is 19.2 Å². The lowest BCUT2D eigenvalue weighted by atomic mass is 9.81. The van der Waals surface area contributed by atoms with Crippen molar-refractivity contribution in [3.8, 4) is 0 Å². The Balaban J connectivity index is 1.54. The molecule has 1 aliphatic carbocycles. The van der Waals surface area contributed by atoms with Gasteiger partial charge in [-0.2, -0.15) is 0 Å². The van der Waals surface area contributed by atoms with E-state index in [9.17, 15) is 0 Å². The van der Waals surface area contributed by atoms with Crippen LogP contribution < -0.4 is 16.8 Å². The first-order valence-corrected chi connectivity index (χ1v) is 9.37. The number of nitrogens with one attached hydrogen (secondary N) is 1. The van der Waals surface area contributed by atoms with E-state index in [4.69, 9.17) is 30.8 Å². The predicted octanol–water partition coefficient (Wildman–Crippen LogP) is -0.0417. The molecule has 6 N–H and O–H groups in total. The number of aliphatic hydroxyl groups is 1. The van der Waals surface area contributed by atoms with Crippen LogP contribution >= 0.6 is 0 Å². The molecular formula is C18H29N5O4. The Hall–Kier alpha value is -1.65. The third-order valence-electron chi connectivity index (χ3n) is 5.74. The summed E-state index contributed by atoms with van der Waals surface area (Å²) in [6.07, 6.45) is 3.05. The molecule has 150 valence electrons. The predicted molar refractivity (Wildman–Crippen MR) is 99.2 cm³/mol. The minimum atomic E-state index is -0.895. The molecule has 0 radical (unpaired) electrons. The van der Waals surface area contributed by atoms with Crippen LogP contribution in [0.1, 0.15) is 32.4 Å². The highest BCUT2D eigenvalue weighted by Gasteiger charge is 2.63. The zero-order chi connectivity index (χ0) is 19.4. The van der Waals surface area contributed by atoms with E-state index in [2.05, 4.69) is 16.9 Å². The Labute approximate surface area is 158 Å². The maximum absolute atomic E-state index is 9.17. The number of aromatic nitrogens is 2. The number of rotatable bonds is 6. The lowest BCUT2D eigenvalue weighted by Gasteiger charge is -2.36. The zero-order valence-corrected chi connectivity index (χ0v) is 15.9. The number of fused-ring (bicyclic) bond motifs is 1. The van der Waals surface area contributed by atoms with Gasteiger partial charge in [-0.05, 0) is 32.6 Å². The van der Waals surface area contributed by atoms with Gasteiger partial charge in [0.1, 0.15) is 23.7 Å². The van der Waals surface area contributed by atoms with E-state index in [1.54, 1.807) is 10.9 Å². The zero-order valence-electron chi connectivity index (χ0n) is 15.9. The van der Waals surface area contributed by atoms with Crippen molar-refractivity contribution in [2.45, 2.75) is 56.5 Å². The number of anilines is 1. The van der Waals surface area contributed by atoms with Gasteiger partial charge in [-0.15, -0.1) is 0 Å². The number of hydrogen-bond donors (Lipinski definition) is 4. The summed E-state index contributed by atoms with van der Waals surface area (Å²) in [5, 5.41) is 12.7. The first-order valence-electron chi connectivity index (χ1n) is 9.37. The van der Waals surface area contributed by atoms with Crippen LogP contribution in [-0.4, -0.2) is 58.5 Å². The molecule has 9 heteroatoms. The van der Waals surface area contributed by atoms with Crippen molar-refractivity contribution in [3.05, 3.63) is 18.6 Å². The molecule has 9 nitrogen and oxygen atoms in total. The topological polar surface area (TPSA) is 130 Å². The number of ether oxygens (including phenoxy) is 3. The van der Waals surface area contributed by atoms with Gasteiger partial charge in [0.25, 0.3) is 0 Å². The van der Waals surface area contributed by atoms with Gasteiger partial charge in [-0.25, -0.2) is 4.98 Å². The first-order chi connectivity index (χ1) is 12.8. The Morgan fingerprint density at radius 1 is 1.48 bits per heavy atom. The van der Waals surface area contributed by atoms with Gasteiger partial charge in [0.15, 0.2) is 5.79 Å². The number of nitrogen functional groups attached to an aromatic ring is 1. The van der Waals surface area contributed by atoms with E-state index in [-0.39, 0.29) is 18.8 Å². The summed E-state index contributed by atoms with van der Waals surface area (Å²) in [4.78, 5) is 4.29. The highest BCUT2D eigenvalue weighted by Crippen LogP contribution is 2.47. The minimum Gasteiger partial charge on any atom is -0.397 e. The van der Waals surface area contributed by atoms with Gasteiger partial charge < -0.3 is 36.1 Å². The van der Waals surface area contributed by atoms with Crippen molar-refractivity contribution in [2.75, 3.05) is 25.5 Å². The molecule has 0 bridgehead atoms. The Morgan fingerprint density at radius 2 is 2.22 bits per heavy atom. The van der Waals surface area contributed by atoms with Gasteiger partial charge in [0.2, 0.25) is 5.72 Å². The third kappa shape index (κ3) is 3.03. The molecule has 2 saturated heterocycles. The second-order valence-corrected chi connectivity index (χ2v) is 8.23. The van der Waals surface area contributed by atoms with Crippen molar-refractivity contribution in [1.29, 1.82) is 0 Å². The quantitative estimate of drug-likeness (QED) is 0.542. The van der Waals surface area contributed by atoms with E-state index in [0.717, 1.165) is 12.8 Å². The van der Waals surface area contributed by atoms with Gasteiger partial charge in [-0.3, -0.25) is 4.57 Å². The monoisotopic (exact) mass is 379 g/mol. The van der Waals surface area contributed by atoms with Crippen molar-refractivity contribution in [1.82, 2.24) is 14.9 Å². The van der Waals surface area contributed by atoms with E-state index in [0.29, 0.717) is 42.3 Å². The molecule has 0 spiro atoms. The Bertz CT molecular complexity index is 729. The largest absolute Gasteiger partial charge is 0.397 e. The van der Waals surface area contributed by atoms with Gasteiger partial charge in [-0.1, -0.05) is 6.58 Å². The normalized spacial score (nSPS) is 37.1. The summed E-state index contributed by atoms with van der Waals surface area (Å²) in [5.41, 5.74) is 11.9. The summed E-state index contributed by atoms with van der Waals surface area (Å²) in [5.74, 6) is 0.0160. The molecule has 3 fully saturated rings. The smallest absolute Gasteiger partial charge is 0.203 e. The van der Waals surface area contributed by atoms with E-state index in [1.165, 1.54) is 0 Å². The van der Waals surface area contributed by atoms with Crippen molar-refractivity contribution in [3.63, 3.8) is 0 Å². The summed E-state index contributed by atoms with van der Waals surface area (Å²) >= 11 is 0. The van der Waals surface area contributed by atoms with Crippen LogP contribution in [0.3, 0.4) is 0 Å². The molecule has 1 aromatic heterocycles. The molecule has 27 heavy (non-hydrogen) atoms. The van der Waals surface area contributed by atoms with Crippen LogP contribution in [0.5, 0.6) is 0 Å². The SMILES string of the molecule is C=C(N)c1ncn([C@@]23CO[C@H](CNC4CC(CO)C4)[C@H]2OC(C)(C)O3)c1N. The first kappa shape index (κ1) is 18.7. The van der Waals surface area contributed by atoms with Crippen molar-refractivity contribution < 1.29 is 19.3 Å². The maximum Gasteiger partial charge on any atom is 0.203 e. The summed E-state index contributed by atoms with van der Waals surface area (Å²) in [6, 6.07) is 0.404. The van der Waals surface area contributed by atoms with Crippen molar-refractivity contribution in [2.24, 2.45) is 11.7 Å². The van der Waals surface area contributed by atoms with Crippen LogP contribution in [0.25, 0.3) is 5.70 Å². The molecule has 3 heterocycles. The molecule has 4 rings (SSSR count). The van der Waals surface area contributed by atoms with E-state index >= 15 is 0 Å². The van der Waals surface area contributed by atoms with Crippen LogP contribution in [-0.2, 0) is 19.9 Å². The average molecular weight is 379 g/mol. The van der Waals surface area contributed by atoms with Crippen molar-refractivity contribution >= 4 is 11.5 Å². The highest BCUT2D eigenvalue weighted by molar-refractivity contribution is 5.66. The van der Waals surface area contributed by atoms with Gasteiger partial charge >= 0.3 is 0 Å². The maximum atomic E-state index is 9.17. The van der Waals surface area contributed by atoms with Crippen LogP contribution in [0.15, 0.2) is 12.9 Å². The minimum absolute atomic E-state index is 0.189. The lowest BCUT2D eigenvalue weighted by Crippen LogP contribution is -2.49. The molecule has 0 unspecified atom stereocenters. The van der Waals surface area contributed by atoms with Crippen LogP contribution in [0.4, 0.5) is 5.82 Å².